The van der Waals surface area contributed by atoms with Crippen LogP contribution in [0, 0.1) is 0 Å². The van der Waals surface area contributed by atoms with Crippen LogP contribution in [0.1, 0.15) is 36.8 Å². The third kappa shape index (κ3) is 7.83. The highest BCUT2D eigenvalue weighted by atomic mass is 35.5. The molecule has 3 aromatic carbocycles. The molecule has 4 rings (SSSR count). The van der Waals surface area contributed by atoms with Crippen LogP contribution in [-0.2, 0) is 22.6 Å². The monoisotopic (exact) mass is 584 g/mol. The molecule has 0 bridgehead atoms. The molecule has 0 aliphatic heterocycles. The maximum Gasteiger partial charge on any atom is 0.261 e. The lowest BCUT2D eigenvalue weighted by Crippen LogP contribution is -2.53. The number of rotatable bonds is 12. The SMILES string of the molecule is COc1cc(OC)cc(OCC(=O)N(Cc2c(Cl)cccc2Cl)C(Cc2ccccc2)C(=O)NC2CCCC2)c1. The highest BCUT2D eigenvalue weighted by Gasteiger charge is 2.33. The number of nitrogens with one attached hydrogen (secondary N) is 1. The summed E-state index contributed by atoms with van der Waals surface area (Å²) in [5.41, 5.74) is 1.49. The van der Waals surface area contributed by atoms with E-state index in [4.69, 9.17) is 37.4 Å². The van der Waals surface area contributed by atoms with Crippen molar-refractivity contribution in [2.45, 2.75) is 50.7 Å². The largest absolute Gasteiger partial charge is 0.496 e. The molecule has 0 radical (unpaired) electrons. The smallest absolute Gasteiger partial charge is 0.261 e. The third-order valence-electron chi connectivity index (χ3n) is 7.05. The Morgan fingerprint density at radius 1 is 0.900 bits per heavy atom. The van der Waals surface area contributed by atoms with Crippen LogP contribution in [0.15, 0.2) is 66.7 Å². The van der Waals surface area contributed by atoms with Crippen molar-refractivity contribution in [1.82, 2.24) is 10.2 Å². The molecule has 9 heteroatoms. The van der Waals surface area contributed by atoms with E-state index >= 15 is 0 Å². The average Bonchev–Trinajstić information content (AvgIpc) is 3.48. The molecular weight excluding hydrogens is 551 g/mol. The Kier molecular flexibility index (Phi) is 10.6. The number of hydrogen-bond acceptors (Lipinski definition) is 5. The summed E-state index contributed by atoms with van der Waals surface area (Å²) in [5.74, 6) is 0.852. The van der Waals surface area contributed by atoms with Crippen LogP contribution in [0.3, 0.4) is 0 Å². The van der Waals surface area contributed by atoms with Gasteiger partial charge in [-0.1, -0.05) is 72.4 Å². The molecule has 1 N–H and O–H groups in total. The molecular formula is C31H34Cl2N2O5. The van der Waals surface area contributed by atoms with Gasteiger partial charge in [-0.25, -0.2) is 0 Å². The number of carbonyl (C=O) groups excluding carboxylic acids is 2. The van der Waals surface area contributed by atoms with Crippen molar-refractivity contribution < 1.29 is 23.8 Å². The number of ether oxygens (including phenoxy) is 3. The summed E-state index contributed by atoms with van der Waals surface area (Å²) in [4.78, 5) is 29.2. The summed E-state index contributed by atoms with van der Waals surface area (Å²) in [5, 5.41) is 4.01. The molecule has 1 fully saturated rings. The summed E-state index contributed by atoms with van der Waals surface area (Å²) in [6, 6.07) is 19.1. The molecule has 1 aliphatic carbocycles. The van der Waals surface area contributed by atoms with Crippen LogP contribution < -0.4 is 19.5 Å². The van der Waals surface area contributed by atoms with Crippen molar-refractivity contribution in [2.24, 2.45) is 0 Å². The zero-order valence-electron chi connectivity index (χ0n) is 22.7. The maximum absolute atomic E-state index is 13.9. The molecule has 40 heavy (non-hydrogen) atoms. The summed E-state index contributed by atoms with van der Waals surface area (Å²) < 4.78 is 16.5. The molecule has 3 aromatic rings. The maximum atomic E-state index is 13.9. The summed E-state index contributed by atoms with van der Waals surface area (Å²) in [6.07, 6.45) is 4.32. The second-order valence-corrected chi connectivity index (χ2v) is 10.6. The zero-order chi connectivity index (χ0) is 28.5. The van der Waals surface area contributed by atoms with E-state index in [9.17, 15) is 9.59 Å². The molecule has 7 nitrogen and oxygen atoms in total. The fraction of sp³-hybridized carbons (Fsp3) is 0.355. The Balaban J connectivity index is 1.66. The topological polar surface area (TPSA) is 77.1 Å². The minimum absolute atomic E-state index is 0.0394. The van der Waals surface area contributed by atoms with E-state index in [1.165, 1.54) is 19.1 Å². The predicted octanol–water partition coefficient (Wildman–Crippen LogP) is 6.09. The first-order valence-electron chi connectivity index (χ1n) is 13.3. The van der Waals surface area contributed by atoms with Gasteiger partial charge in [0.2, 0.25) is 5.91 Å². The molecule has 1 atom stereocenters. The minimum Gasteiger partial charge on any atom is -0.496 e. The van der Waals surface area contributed by atoms with Gasteiger partial charge in [0.25, 0.3) is 5.91 Å². The van der Waals surface area contributed by atoms with Gasteiger partial charge in [-0.15, -0.1) is 0 Å². The van der Waals surface area contributed by atoms with Crippen molar-refractivity contribution >= 4 is 35.0 Å². The van der Waals surface area contributed by atoms with E-state index in [-0.39, 0.29) is 31.0 Å². The van der Waals surface area contributed by atoms with Crippen molar-refractivity contribution in [3.05, 3.63) is 87.9 Å². The highest BCUT2D eigenvalue weighted by molar-refractivity contribution is 6.36. The van der Waals surface area contributed by atoms with E-state index in [0.717, 1.165) is 31.2 Å². The Morgan fingerprint density at radius 2 is 1.50 bits per heavy atom. The predicted molar refractivity (Wildman–Crippen MR) is 156 cm³/mol. The van der Waals surface area contributed by atoms with Gasteiger partial charge in [0, 0.05) is 52.8 Å². The lowest BCUT2D eigenvalue weighted by atomic mass is 10.0. The van der Waals surface area contributed by atoms with Gasteiger partial charge in [0.05, 0.1) is 14.2 Å². The Bertz CT molecular complexity index is 1260. The van der Waals surface area contributed by atoms with Gasteiger partial charge in [0.15, 0.2) is 6.61 Å². The van der Waals surface area contributed by atoms with Crippen LogP contribution in [-0.4, -0.2) is 49.6 Å². The van der Waals surface area contributed by atoms with Crippen LogP contribution in [0.5, 0.6) is 17.2 Å². The van der Waals surface area contributed by atoms with Gasteiger partial charge < -0.3 is 24.4 Å². The molecule has 1 unspecified atom stereocenters. The number of nitrogens with zero attached hydrogens (tertiary/aromatic N) is 1. The van der Waals surface area contributed by atoms with E-state index in [2.05, 4.69) is 5.32 Å². The summed E-state index contributed by atoms with van der Waals surface area (Å²) >= 11 is 13.0. The van der Waals surface area contributed by atoms with E-state index in [0.29, 0.717) is 39.3 Å². The Morgan fingerprint density at radius 3 is 2.10 bits per heavy atom. The lowest BCUT2D eigenvalue weighted by molar-refractivity contribution is -0.143. The van der Waals surface area contributed by atoms with Crippen molar-refractivity contribution in [2.75, 3.05) is 20.8 Å². The lowest BCUT2D eigenvalue weighted by Gasteiger charge is -2.32. The van der Waals surface area contributed by atoms with Crippen molar-refractivity contribution in [1.29, 1.82) is 0 Å². The number of methoxy groups -OCH3 is 2. The second kappa shape index (κ2) is 14.3. The quantitative estimate of drug-likeness (QED) is 0.279. The van der Waals surface area contributed by atoms with Gasteiger partial charge in [-0.05, 0) is 30.5 Å². The van der Waals surface area contributed by atoms with Crippen LogP contribution in [0.2, 0.25) is 10.0 Å². The van der Waals surface area contributed by atoms with Gasteiger partial charge in [0.1, 0.15) is 23.3 Å². The average molecular weight is 586 g/mol. The number of benzene rings is 3. The minimum atomic E-state index is -0.814. The standard InChI is InChI=1S/C31H34Cl2N2O5/c1-38-23-16-24(39-2)18-25(17-23)40-20-30(36)35(19-26-27(32)13-8-14-28(26)33)29(15-21-9-4-3-5-10-21)31(37)34-22-11-6-7-12-22/h3-5,8-10,13-14,16-18,22,29H,6-7,11-12,15,19-20H2,1-2H3,(H,34,37). The van der Waals surface area contributed by atoms with Crippen molar-refractivity contribution in [3.8, 4) is 17.2 Å². The second-order valence-electron chi connectivity index (χ2n) is 9.75. The summed E-state index contributed by atoms with van der Waals surface area (Å²) in [7, 11) is 3.08. The van der Waals surface area contributed by atoms with Crippen molar-refractivity contribution in [3.63, 3.8) is 0 Å². The van der Waals surface area contributed by atoms with Gasteiger partial charge >= 0.3 is 0 Å². The van der Waals surface area contributed by atoms with E-state index in [1.54, 1.807) is 36.4 Å². The first-order valence-corrected chi connectivity index (χ1v) is 14.1. The van der Waals surface area contributed by atoms with Gasteiger partial charge in [-0.3, -0.25) is 9.59 Å². The van der Waals surface area contributed by atoms with Crippen LogP contribution in [0.25, 0.3) is 0 Å². The third-order valence-corrected chi connectivity index (χ3v) is 7.76. The molecule has 0 aromatic heterocycles. The number of amides is 2. The first-order chi connectivity index (χ1) is 19.4. The fourth-order valence-corrected chi connectivity index (χ4v) is 5.38. The molecule has 1 aliphatic rings. The number of carbonyl (C=O) groups is 2. The molecule has 2 amide bonds. The highest BCUT2D eigenvalue weighted by Crippen LogP contribution is 2.29. The van der Waals surface area contributed by atoms with E-state index in [1.807, 2.05) is 30.3 Å². The van der Waals surface area contributed by atoms with Crippen LogP contribution >= 0.6 is 23.2 Å². The normalized spacial score (nSPS) is 13.9. The number of halogens is 2. The Hall–Kier alpha value is -3.42. The zero-order valence-corrected chi connectivity index (χ0v) is 24.2. The molecule has 0 spiro atoms. The van der Waals surface area contributed by atoms with Gasteiger partial charge in [-0.2, -0.15) is 0 Å². The summed E-state index contributed by atoms with van der Waals surface area (Å²) in [6.45, 7) is -0.280. The van der Waals surface area contributed by atoms with Crippen LogP contribution in [0.4, 0.5) is 0 Å². The molecule has 1 saturated carbocycles. The fourth-order valence-electron chi connectivity index (χ4n) is 4.87. The molecule has 0 heterocycles. The number of hydrogen-bond donors (Lipinski definition) is 1. The first kappa shape index (κ1) is 29.6. The molecule has 212 valence electrons. The molecule has 0 saturated heterocycles. The van der Waals surface area contributed by atoms with E-state index < -0.39 is 6.04 Å². The Labute approximate surface area is 245 Å².